The first-order valence-corrected chi connectivity index (χ1v) is 11.3. The molecular formula is C28H31FN2O2. The molecule has 0 bridgehead atoms. The van der Waals surface area contributed by atoms with Crippen molar-refractivity contribution in [2.45, 2.75) is 46.2 Å². The van der Waals surface area contributed by atoms with Crippen molar-refractivity contribution < 1.29 is 14.0 Å². The Hall–Kier alpha value is -3.47. The van der Waals surface area contributed by atoms with Crippen molar-refractivity contribution in [1.29, 1.82) is 0 Å². The van der Waals surface area contributed by atoms with Crippen molar-refractivity contribution in [3.05, 3.63) is 106 Å². The standard InChI is InChI=1S/C28H31FN2O2/c1-4-30-28(33)26(17-22-10-6-5-7-11-22)31(19-23-12-8-9-13-25(23)29)27(32)18-24-16-20(2)14-15-21(24)3/h5-16,26H,4,17-19H2,1-3H3,(H,30,33)/t26-/m0/s1. The number of halogens is 1. The molecule has 0 saturated heterocycles. The molecule has 1 N–H and O–H groups in total. The fourth-order valence-corrected chi connectivity index (χ4v) is 3.91. The van der Waals surface area contributed by atoms with Crippen molar-refractivity contribution in [3.8, 4) is 0 Å². The second kappa shape index (κ2) is 11.4. The third-order valence-electron chi connectivity index (χ3n) is 5.77. The number of aryl methyl sites for hydroxylation is 2. The van der Waals surface area contributed by atoms with Crippen LogP contribution in [0.5, 0.6) is 0 Å². The first-order chi connectivity index (χ1) is 15.9. The summed E-state index contributed by atoms with van der Waals surface area (Å²) in [5.41, 5.74) is 4.31. The Bertz CT molecular complexity index is 1100. The Morgan fingerprint density at radius 2 is 1.64 bits per heavy atom. The zero-order valence-corrected chi connectivity index (χ0v) is 19.5. The molecule has 5 heteroatoms. The summed E-state index contributed by atoms with van der Waals surface area (Å²) in [7, 11) is 0. The summed E-state index contributed by atoms with van der Waals surface area (Å²) in [6.07, 6.45) is 0.492. The van der Waals surface area contributed by atoms with E-state index in [1.807, 2.05) is 69.3 Å². The molecule has 0 aliphatic rings. The number of benzene rings is 3. The summed E-state index contributed by atoms with van der Waals surface area (Å²) >= 11 is 0. The molecule has 33 heavy (non-hydrogen) atoms. The van der Waals surface area contributed by atoms with E-state index < -0.39 is 11.9 Å². The van der Waals surface area contributed by atoms with Crippen molar-refractivity contribution in [2.24, 2.45) is 0 Å². The summed E-state index contributed by atoms with van der Waals surface area (Å²) in [4.78, 5) is 28.3. The van der Waals surface area contributed by atoms with Gasteiger partial charge in [-0.2, -0.15) is 0 Å². The van der Waals surface area contributed by atoms with Crippen molar-refractivity contribution in [2.75, 3.05) is 6.54 Å². The van der Waals surface area contributed by atoms with E-state index in [4.69, 9.17) is 0 Å². The van der Waals surface area contributed by atoms with Crippen LogP contribution in [0.2, 0.25) is 0 Å². The topological polar surface area (TPSA) is 49.4 Å². The number of rotatable bonds is 9. The van der Waals surface area contributed by atoms with Gasteiger partial charge in [0.05, 0.1) is 6.42 Å². The van der Waals surface area contributed by atoms with Gasteiger partial charge < -0.3 is 10.2 Å². The fourth-order valence-electron chi connectivity index (χ4n) is 3.91. The molecule has 172 valence electrons. The molecule has 3 aromatic rings. The third kappa shape index (κ3) is 6.51. The molecule has 0 spiro atoms. The van der Waals surface area contributed by atoms with Crippen LogP contribution in [0, 0.1) is 19.7 Å². The SMILES string of the molecule is CCNC(=O)[C@H](Cc1ccccc1)N(Cc1ccccc1F)C(=O)Cc1cc(C)ccc1C. The molecular weight excluding hydrogens is 415 g/mol. The van der Waals surface area contributed by atoms with Crippen molar-refractivity contribution in [3.63, 3.8) is 0 Å². The van der Waals surface area contributed by atoms with Crippen LogP contribution >= 0.6 is 0 Å². The maximum Gasteiger partial charge on any atom is 0.243 e. The highest BCUT2D eigenvalue weighted by Gasteiger charge is 2.30. The van der Waals surface area contributed by atoms with Crippen LogP contribution in [0.3, 0.4) is 0 Å². The van der Waals surface area contributed by atoms with E-state index in [2.05, 4.69) is 5.32 Å². The van der Waals surface area contributed by atoms with Crippen LogP contribution < -0.4 is 5.32 Å². The molecule has 0 aromatic heterocycles. The van der Waals surface area contributed by atoms with E-state index >= 15 is 0 Å². The zero-order chi connectivity index (χ0) is 23.8. The predicted molar refractivity (Wildman–Crippen MR) is 129 cm³/mol. The van der Waals surface area contributed by atoms with Crippen LogP contribution in [-0.2, 0) is 29.0 Å². The number of nitrogens with one attached hydrogen (secondary N) is 1. The number of carbonyl (C=O) groups is 2. The molecule has 0 aliphatic heterocycles. The third-order valence-corrected chi connectivity index (χ3v) is 5.77. The van der Waals surface area contributed by atoms with Crippen molar-refractivity contribution >= 4 is 11.8 Å². The van der Waals surface area contributed by atoms with Gasteiger partial charge in [-0.15, -0.1) is 0 Å². The van der Waals surface area contributed by atoms with Gasteiger partial charge in [0.2, 0.25) is 11.8 Å². The largest absolute Gasteiger partial charge is 0.355 e. The first-order valence-electron chi connectivity index (χ1n) is 11.3. The van der Waals surface area contributed by atoms with E-state index in [1.165, 1.54) is 11.0 Å². The number of carbonyl (C=O) groups excluding carboxylic acids is 2. The molecule has 1 atom stereocenters. The lowest BCUT2D eigenvalue weighted by molar-refractivity contribution is -0.140. The maximum atomic E-state index is 14.6. The number of nitrogens with zero attached hydrogens (tertiary/aromatic N) is 1. The van der Waals surface area contributed by atoms with E-state index in [1.54, 1.807) is 18.2 Å². The Kier molecular flexibility index (Phi) is 8.36. The van der Waals surface area contributed by atoms with E-state index in [-0.39, 0.29) is 24.8 Å². The van der Waals surface area contributed by atoms with Gasteiger partial charge in [0.25, 0.3) is 0 Å². The molecule has 0 heterocycles. The van der Waals surface area contributed by atoms with Gasteiger partial charge in [0, 0.05) is 25.1 Å². The summed E-state index contributed by atoms with van der Waals surface area (Å²) in [6.45, 7) is 6.26. The van der Waals surface area contributed by atoms with Gasteiger partial charge in [-0.25, -0.2) is 4.39 Å². The minimum Gasteiger partial charge on any atom is -0.355 e. The molecule has 0 aliphatic carbocycles. The van der Waals surface area contributed by atoms with Crippen LogP contribution in [0.4, 0.5) is 4.39 Å². The normalized spacial score (nSPS) is 11.6. The van der Waals surface area contributed by atoms with Crippen molar-refractivity contribution in [1.82, 2.24) is 10.2 Å². The van der Waals surface area contributed by atoms with E-state index in [0.717, 1.165) is 22.3 Å². The zero-order valence-electron chi connectivity index (χ0n) is 19.5. The lowest BCUT2D eigenvalue weighted by Crippen LogP contribution is -2.51. The number of amides is 2. The van der Waals surface area contributed by atoms with Crippen LogP contribution in [-0.4, -0.2) is 29.3 Å². The van der Waals surface area contributed by atoms with Gasteiger partial charge in [-0.3, -0.25) is 9.59 Å². The summed E-state index contributed by atoms with van der Waals surface area (Å²) < 4.78 is 14.6. The van der Waals surface area contributed by atoms with Gasteiger partial charge in [0.15, 0.2) is 0 Å². The van der Waals surface area contributed by atoms with Crippen LogP contribution in [0.25, 0.3) is 0 Å². The highest BCUT2D eigenvalue weighted by Crippen LogP contribution is 2.19. The van der Waals surface area contributed by atoms with Gasteiger partial charge in [-0.1, -0.05) is 72.3 Å². The highest BCUT2D eigenvalue weighted by molar-refractivity contribution is 5.89. The number of hydrogen-bond acceptors (Lipinski definition) is 2. The molecule has 0 fully saturated rings. The monoisotopic (exact) mass is 446 g/mol. The number of likely N-dealkylation sites (N-methyl/N-ethyl adjacent to an activating group) is 1. The van der Waals surface area contributed by atoms with E-state index in [9.17, 15) is 14.0 Å². The minimum atomic E-state index is -0.760. The lowest BCUT2D eigenvalue weighted by atomic mass is 9.99. The van der Waals surface area contributed by atoms with E-state index in [0.29, 0.717) is 18.5 Å². The smallest absolute Gasteiger partial charge is 0.243 e. The maximum absolute atomic E-state index is 14.6. The Morgan fingerprint density at radius 3 is 2.33 bits per heavy atom. The second-order valence-electron chi connectivity index (χ2n) is 8.32. The van der Waals surface area contributed by atoms with Crippen LogP contribution in [0.15, 0.2) is 72.8 Å². The van der Waals surface area contributed by atoms with Crippen LogP contribution in [0.1, 0.15) is 34.7 Å². The Balaban J connectivity index is 1.99. The van der Waals surface area contributed by atoms with Gasteiger partial charge in [0.1, 0.15) is 11.9 Å². The first kappa shape index (κ1) is 24.2. The fraction of sp³-hybridized carbons (Fsp3) is 0.286. The summed E-state index contributed by atoms with van der Waals surface area (Å²) in [5, 5.41) is 2.86. The molecule has 0 unspecified atom stereocenters. The molecule has 2 amide bonds. The lowest BCUT2D eigenvalue weighted by Gasteiger charge is -2.32. The Labute approximate surface area is 195 Å². The predicted octanol–water partition coefficient (Wildman–Crippen LogP) is 4.76. The molecule has 0 saturated carbocycles. The van der Waals surface area contributed by atoms with Gasteiger partial charge in [-0.05, 0) is 43.5 Å². The highest BCUT2D eigenvalue weighted by atomic mass is 19.1. The molecule has 4 nitrogen and oxygen atoms in total. The number of hydrogen-bond donors (Lipinski definition) is 1. The quantitative estimate of drug-likeness (QED) is 0.515. The summed E-state index contributed by atoms with van der Waals surface area (Å²) in [6, 6.07) is 21.2. The average molecular weight is 447 g/mol. The summed E-state index contributed by atoms with van der Waals surface area (Å²) in [5.74, 6) is -0.845. The molecule has 0 radical (unpaired) electrons. The molecule has 3 rings (SSSR count). The molecule has 3 aromatic carbocycles. The van der Waals surface area contributed by atoms with Gasteiger partial charge >= 0.3 is 0 Å². The average Bonchev–Trinajstić information content (AvgIpc) is 2.80. The minimum absolute atomic E-state index is 0.0189. The second-order valence-corrected chi connectivity index (χ2v) is 8.32. The Morgan fingerprint density at radius 1 is 0.939 bits per heavy atom.